The molecule has 1 heterocycles. The predicted molar refractivity (Wildman–Crippen MR) is 90.7 cm³/mol. The number of nitrogens with zero attached hydrogens (tertiary/aromatic N) is 1. The summed E-state index contributed by atoms with van der Waals surface area (Å²) < 4.78 is 40.4. The van der Waals surface area contributed by atoms with Gasteiger partial charge in [0.05, 0.1) is 5.56 Å². The molecule has 1 aromatic heterocycles. The van der Waals surface area contributed by atoms with Crippen molar-refractivity contribution < 1.29 is 18.0 Å². The topological polar surface area (TPSA) is 48.0 Å². The highest BCUT2D eigenvalue weighted by molar-refractivity contribution is 6.21. The summed E-state index contributed by atoms with van der Waals surface area (Å²) in [7, 11) is 0. The molecule has 0 unspecified atom stereocenters. The fourth-order valence-corrected chi connectivity index (χ4v) is 2.80. The minimum atomic E-state index is -4.37. The van der Waals surface area contributed by atoms with Crippen LogP contribution in [0.25, 0.3) is 16.5 Å². The molecule has 0 radical (unpaired) electrons. The number of primary amides is 1. The van der Waals surface area contributed by atoms with E-state index in [-0.39, 0.29) is 12.1 Å². The Hall–Kier alpha value is -3.02. The van der Waals surface area contributed by atoms with Crippen LogP contribution in [0.2, 0.25) is 0 Å². The van der Waals surface area contributed by atoms with E-state index in [9.17, 15) is 18.0 Å². The minimum Gasteiger partial charge on any atom is -0.366 e. The summed E-state index contributed by atoms with van der Waals surface area (Å²) in [5, 5.41) is 0.776. The van der Waals surface area contributed by atoms with E-state index < -0.39 is 17.6 Å². The van der Waals surface area contributed by atoms with Crippen LogP contribution >= 0.6 is 0 Å². The lowest BCUT2D eigenvalue weighted by molar-refractivity contribution is -0.137. The lowest BCUT2D eigenvalue weighted by atomic mass is 10.0. The van der Waals surface area contributed by atoms with Crippen LogP contribution in [-0.4, -0.2) is 10.5 Å². The number of carbonyl (C=O) groups excluding carboxylic acids is 1. The largest absolute Gasteiger partial charge is 0.416 e. The van der Waals surface area contributed by atoms with Gasteiger partial charge in [0.15, 0.2) is 0 Å². The van der Waals surface area contributed by atoms with Gasteiger partial charge < -0.3 is 10.3 Å². The zero-order valence-electron chi connectivity index (χ0n) is 13.2. The third-order valence-electron chi connectivity index (χ3n) is 4.04. The fraction of sp³-hybridized carbons (Fsp3) is 0.105. The number of fused-ring (bicyclic) bond motifs is 1. The summed E-state index contributed by atoms with van der Waals surface area (Å²) in [4.78, 5) is 11.4. The maximum absolute atomic E-state index is 12.9. The number of hydrogen-bond donors (Lipinski definition) is 1. The first-order chi connectivity index (χ1) is 11.8. The molecule has 0 fully saturated rings. The van der Waals surface area contributed by atoms with E-state index in [2.05, 4.69) is 6.58 Å². The Balaban J connectivity index is 2.00. The van der Waals surface area contributed by atoms with Gasteiger partial charge in [-0.1, -0.05) is 30.8 Å². The van der Waals surface area contributed by atoms with Gasteiger partial charge in [0.25, 0.3) is 0 Å². The third-order valence-corrected chi connectivity index (χ3v) is 4.04. The van der Waals surface area contributed by atoms with E-state index in [0.717, 1.165) is 23.0 Å². The van der Waals surface area contributed by atoms with Crippen molar-refractivity contribution in [2.24, 2.45) is 5.73 Å². The van der Waals surface area contributed by atoms with E-state index in [0.29, 0.717) is 11.1 Å². The molecule has 3 rings (SSSR count). The Kier molecular flexibility index (Phi) is 4.12. The zero-order valence-corrected chi connectivity index (χ0v) is 13.2. The maximum atomic E-state index is 12.9. The second kappa shape index (κ2) is 6.12. The average molecular weight is 344 g/mol. The highest BCUT2D eigenvalue weighted by Crippen LogP contribution is 2.30. The molecule has 2 aromatic carbocycles. The van der Waals surface area contributed by atoms with Crippen LogP contribution in [0.4, 0.5) is 13.2 Å². The third kappa shape index (κ3) is 3.28. The number of halogens is 3. The Labute approximate surface area is 142 Å². The highest BCUT2D eigenvalue weighted by Gasteiger charge is 2.30. The highest BCUT2D eigenvalue weighted by atomic mass is 19.4. The molecule has 25 heavy (non-hydrogen) atoms. The summed E-state index contributed by atoms with van der Waals surface area (Å²) in [5.74, 6) is -0.613. The molecular formula is C19H15F3N2O. The summed E-state index contributed by atoms with van der Waals surface area (Å²) in [6, 6.07) is 12.4. The lowest BCUT2D eigenvalue weighted by Gasteiger charge is -2.11. The molecule has 0 aliphatic rings. The first-order valence-corrected chi connectivity index (χ1v) is 7.50. The quantitative estimate of drug-likeness (QED) is 0.708. The van der Waals surface area contributed by atoms with Crippen molar-refractivity contribution in [1.82, 2.24) is 4.57 Å². The van der Waals surface area contributed by atoms with Gasteiger partial charge in [-0.2, -0.15) is 13.2 Å². The Bertz CT molecular complexity index is 970. The Morgan fingerprint density at radius 3 is 2.52 bits per heavy atom. The molecule has 0 aliphatic carbocycles. The van der Waals surface area contributed by atoms with Gasteiger partial charge in [0, 0.05) is 29.2 Å². The van der Waals surface area contributed by atoms with Gasteiger partial charge in [0.2, 0.25) is 5.91 Å². The SMILES string of the molecule is C=C(C(N)=O)c1cccc2c1ccn2Cc1cccc(C(F)(F)F)c1. The molecule has 0 bridgehead atoms. The molecular weight excluding hydrogens is 329 g/mol. The first-order valence-electron chi connectivity index (χ1n) is 7.50. The van der Waals surface area contributed by atoms with E-state index in [1.807, 2.05) is 10.6 Å². The number of rotatable bonds is 4. The number of aromatic nitrogens is 1. The molecule has 2 N–H and O–H groups in total. The monoisotopic (exact) mass is 344 g/mol. The van der Waals surface area contributed by atoms with E-state index in [1.54, 1.807) is 30.5 Å². The average Bonchev–Trinajstić information content (AvgIpc) is 2.96. The van der Waals surface area contributed by atoms with Crippen molar-refractivity contribution in [3.63, 3.8) is 0 Å². The molecule has 3 nitrogen and oxygen atoms in total. The van der Waals surface area contributed by atoms with E-state index in [4.69, 9.17) is 5.73 Å². The van der Waals surface area contributed by atoms with Gasteiger partial charge >= 0.3 is 6.18 Å². The van der Waals surface area contributed by atoms with Crippen LogP contribution < -0.4 is 5.73 Å². The summed E-state index contributed by atoms with van der Waals surface area (Å²) in [6.45, 7) is 3.98. The predicted octanol–water partition coefficient (Wildman–Crippen LogP) is 4.21. The number of carbonyl (C=O) groups is 1. The van der Waals surface area contributed by atoms with Gasteiger partial charge in [-0.05, 0) is 35.4 Å². The smallest absolute Gasteiger partial charge is 0.366 e. The lowest BCUT2D eigenvalue weighted by Crippen LogP contribution is -2.12. The number of alkyl halides is 3. The van der Waals surface area contributed by atoms with Crippen LogP contribution in [-0.2, 0) is 17.5 Å². The molecule has 3 aromatic rings. The number of benzene rings is 2. The molecule has 6 heteroatoms. The molecule has 1 amide bonds. The van der Waals surface area contributed by atoms with Crippen molar-refractivity contribution in [2.45, 2.75) is 12.7 Å². The normalized spacial score (nSPS) is 11.6. The van der Waals surface area contributed by atoms with Gasteiger partial charge in [-0.3, -0.25) is 4.79 Å². The van der Waals surface area contributed by atoms with Crippen molar-refractivity contribution in [1.29, 1.82) is 0 Å². The Morgan fingerprint density at radius 2 is 1.84 bits per heavy atom. The minimum absolute atomic E-state index is 0.197. The summed E-state index contributed by atoms with van der Waals surface area (Å²) in [6.07, 6.45) is -2.61. The standard InChI is InChI=1S/C19H15F3N2O/c1-12(18(23)25)15-6-3-7-17-16(15)8-9-24(17)11-13-4-2-5-14(10-13)19(20,21)22/h2-10H,1,11H2,(H2,23,25). The van der Waals surface area contributed by atoms with Crippen LogP contribution in [0.15, 0.2) is 61.3 Å². The molecule has 0 aliphatic heterocycles. The van der Waals surface area contributed by atoms with Gasteiger partial charge in [0.1, 0.15) is 0 Å². The van der Waals surface area contributed by atoms with E-state index in [1.165, 1.54) is 6.07 Å². The summed E-state index contributed by atoms with van der Waals surface area (Å²) in [5.41, 5.74) is 6.76. The second-order valence-corrected chi connectivity index (χ2v) is 5.72. The number of hydrogen-bond acceptors (Lipinski definition) is 1. The maximum Gasteiger partial charge on any atom is 0.416 e. The second-order valence-electron chi connectivity index (χ2n) is 5.72. The van der Waals surface area contributed by atoms with Crippen molar-refractivity contribution in [3.8, 4) is 0 Å². The molecule has 0 atom stereocenters. The molecule has 0 saturated heterocycles. The number of nitrogens with two attached hydrogens (primary N) is 1. The fourth-order valence-electron chi connectivity index (χ4n) is 2.80. The Morgan fingerprint density at radius 1 is 1.12 bits per heavy atom. The van der Waals surface area contributed by atoms with Crippen LogP contribution in [0.5, 0.6) is 0 Å². The van der Waals surface area contributed by atoms with Gasteiger partial charge in [-0.15, -0.1) is 0 Å². The number of amides is 1. The van der Waals surface area contributed by atoms with E-state index >= 15 is 0 Å². The zero-order chi connectivity index (χ0) is 18.2. The first kappa shape index (κ1) is 16.8. The van der Waals surface area contributed by atoms with Crippen molar-refractivity contribution >= 4 is 22.4 Å². The van der Waals surface area contributed by atoms with Crippen molar-refractivity contribution in [2.75, 3.05) is 0 Å². The molecule has 0 spiro atoms. The van der Waals surface area contributed by atoms with Crippen molar-refractivity contribution in [3.05, 3.63) is 78.0 Å². The van der Waals surface area contributed by atoms with Crippen LogP contribution in [0.1, 0.15) is 16.7 Å². The van der Waals surface area contributed by atoms with Gasteiger partial charge in [-0.25, -0.2) is 0 Å². The van der Waals surface area contributed by atoms with Crippen LogP contribution in [0, 0.1) is 0 Å². The van der Waals surface area contributed by atoms with Crippen LogP contribution in [0.3, 0.4) is 0 Å². The molecule has 0 saturated carbocycles. The summed E-state index contributed by atoms with van der Waals surface area (Å²) >= 11 is 0. The molecule has 128 valence electrons.